The molecule has 0 amide bonds. The van der Waals surface area contributed by atoms with Crippen LogP contribution in [0.1, 0.15) is 0 Å². The summed E-state index contributed by atoms with van der Waals surface area (Å²) in [6.07, 6.45) is 0. The van der Waals surface area contributed by atoms with Crippen LogP contribution in [0.4, 0.5) is 17.1 Å². The molecule has 7 aromatic carbocycles. The molecule has 0 unspecified atom stereocenters. The van der Waals surface area contributed by atoms with E-state index in [1.807, 2.05) is 23.5 Å². The van der Waals surface area contributed by atoms with Crippen molar-refractivity contribution >= 4 is 81.3 Å². The Morgan fingerprint density at radius 1 is 0.465 bits per heavy atom. The summed E-state index contributed by atoms with van der Waals surface area (Å²) in [5.74, 6) is 0. The second kappa shape index (κ2) is 9.59. The third kappa shape index (κ3) is 3.86. The molecule has 3 heteroatoms. The summed E-state index contributed by atoms with van der Waals surface area (Å²) >= 11 is 1.85. The first-order valence-corrected chi connectivity index (χ1v) is 15.3. The standard InChI is InChI=1S/C40H25NOS/c1-2-14-30-26(10-1)11-8-17-31(30)27-12-7-13-28(24-27)41(29-22-23-37-34(25-29)32-15-3-5-19-36(32)42-37)35-18-9-21-39-40(35)33-16-4-6-20-38(33)43-39/h1-25H. The van der Waals surface area contributed by atoms with E-state index in [4.69, 9.17) is 4.42 Å². The molecule has 0 atom stereocenters. The summed E-state index contributed by atoms with van der Waals surface area (Å²) in [4.78, 5) is 2.41. The van der Waals surface area contributed by atoms with E-state index in [1.54, 1.807) is 0 Å². The van der Waals surface area contributed by atoms with Crippen molar-refractivity contribution in [2.45, 2.75) is 0 Å². The summed E-state index contributed by atoms with van der Waals surface area (Å²) in [7, 11) is 0. The van der Waals surface area contributed by atoms with Crippen molar-refractivity contribution < 1.29 is 4.42 Å². The van der Waals surface area contributed by atoms with Gasteiger partial charge in [0.05, 0.1) is 5.69 Å². The predicted octanol–water partition coefficient (Wildman–Crippen LogP) is 12.2. The Balaban J connectivity index is 1.33. The van der Waals surface area contributed by atoms with Gasteiger partial charge in [-0.3, -0.25) is 0 Å². The molecule has 0 aliphatic rings. The van der Waals surface area contributed by atoms with Gasteiger partial charge in [-0.1, -0.05) is 97.1 Å². The van der Waals surface area contributed by atoms with Crippen molar-refractivity contribution in [2.75, 3.05) is 4.90 Å². The highest BCUT2D eigenvalue weighted by atomic mass is 32.1. The predicted molar refractivity (Wildman–Crippen MR) is 184 cm³/mol. The number of para-hydroxylation sites is 1. The van der Waals surface area contributed by atoms with Gasteiger partial charge in [0.2, 0.25) is 0 Å². The van der Waals surface area contributed by atoms with Crippen LogP contribution in [-0.4, -0.2) is 0 Å². The zero-order valence-corrected chi connectivity index (χ0v) is 24.0. The topological polar surface area (TPSA) is 16.4 Å². The van der Waals surface area contributed by atoms with Crippen LogP contribution in [0.25, 0.3) is 64.0 Å². The van der Waals surface area contributed by atoms with E-state index in [9.17, 15) is 0 Å². The molecule has 0 aliphatic heterocycles. The van der Waals surface area contributed by atoms with Gasteiger partial charge in [-0.25, -0.2) is 0 Å². The highest BCUT2D eigenvalue weighted by Gasteiger charge is 2.20. The van der Waals surface area contributed by atoms with Gasteiger partial charge in [0.25, 0.3) is 0 Å². The van der Waals surface area contributed by atoms with Crippen LogP contribution in [0.15, 0.2) is 156 Å². The van der Waals surface area contributed by atoms with Crippen LogP contribution in [0, 0.1) is 0 Å². The van der Waals surface area contributed by atoms with Gasteiger partial charge in [0.1, 0.15) is 11.2 Å². The van der Waals surface area contributed by atoms with E-state index in [0.717, 1.165) is 39.0 Å². The minimum Gasteiger partial charge on any atom is -0.456 e. The van der Waals surface area contributed by atoms with Crippen molar-refractivity contribution in [1.82, 2.24) is 0 Å². The van der Waals surface area contributed by atoms with E-state index < -0.39 is 0 Å². The quantitative estimate of drug-likeness (QED) is 0.210. The number of benzene rings is 7. The minimum atomic E-state index is 0.897. The number of hydrogen-bond donors (Lipinski definition) is 0. The van der Waals surface area contributed by atoms with E-state index in [-0.39, 0.29) is 0 Å². The lowest BCUT2D eigenvalue weighted by molar-refractivity contribution is 0.669. The molecule has 2 aromatic heterocycles. The Labute approximate surface area is 252 Å². The molecule has 0 bridgehead atoms. The first-order valence-electron chi connectivity index (χ1n) is 14.5. The largest absolute Gasteiger partial charge is 0.456 e. The molecule has 2 nitrogen and oxygen atoms in total. The fourth-order valence-electron chi connectivity index (χ4n) is 6.51. The van der Waals surface area contributed by atoms with Crippen LogP contribution < -0.4 is 4.90 Å². The summed E-state index contributed by atoms with van der Waals surface area (Å²) in [5, 5.41) is 7.30. The Kier molecular flexibility index (Phi) is 5.40. The van der Waals surface area contributed by atoms with Crippen molar-refractivity contribution in [2.24, 2.45) is 0 Å². The second-order valence-electron chi connectivity index (χ2n) is 10.9. The van der Waals surface area contributed by atoms with E-state index in [2.05, 4.69) is 144 Å². The number of nitrogens with zero attached hydrogens (tertiary/aromatic N) is 1. The van der Waals surface area contributed by atoms with Gasteiger partial charge < -0.3 is 9.32 Å². The molecule has 9 rings (SSSR count). The van der Waals surface area contributed by atoms with Gasteiger partial charge in [-0.2, -0.15) is 0 Å². The molecule has 202 valence electrons. The normalized spacial score (nSPS) is 11.7. The Hall–Kier alpha value is -5.38. The lowest BCUT2D eigenvalue weighted by atomic mass is 9.97. The number of rotatable bonds is 4. The third-order valence-electron chi connectivity index (χ3n) is 8.44. The maximum absolute atomic E-state index is 6.22. The molecule has 0 spiro atoms. The highest BCUT2D eigenvalue weighted by molar-refractivity contribution is 7.26. The van der Waals surface area contributed by atoms with Gasteiger partial charge in [0.15, 0.2) is 0 Å². The number of fused-ring (bicyclic) bond motifs is 7. The summed E-state index contributed by atoms with van der Waals surface area (Å²) in [5.41, 5.74) is 7.60. The lowest BCUT2D eigenvalue weighted by Crippen LogP contribution is -2.10. The first-order chi connectivity index (χ1) is 21.3. The highest BCUT2D eigenvalue weighted by Crippen LogP contribution is 2.46. The Morgan fingerprint density at radius 2 is 1.16 bits per heavy atom. The number of furan rings is 1. The van der Waals surface area contributed by atoms with Crippen LogP contribution in [0.3, 0.4) is 0 Å². The molecular formula is C40H25NOS. The summed E-state index contributed by atoms with van der Waals surface area (Å²) < 4.78 is 8.79. The van der Waals surface area contributed by atoms with E-state index in [0.29, 0.717) is 0 Å². The smallest absolute Gasteiger partial charge is 0.135 e. The molecule has 0 saturated heterocycles. The number of anilines is 3. The van der Waals surface area contributed by atoms with Crippen LogP contribution >= 0.6 is 11.3 Å². The Bertz CT molecular complexity index is 2480. The summed E-state index contributed by atoms with van der Waals surface area (Å²) in [6, 6.07) is 54.4. The first kappa shape index (κ1) is 24.2. The van der Waals surface area contributed by atoms with Gasteiger partial charge in [-0.05, 0) is 76.5 Å². The number of hydrogen-bond acceptors (Lipinski definition) is 3. The molecule has 0 N–H and O–H groups in total. The van der Waals surface area contributed by atoms with Gasteiger partial charge in [-0.15, -0.1) is 11.3 Å². The molecule has 0 aliphatic carbocycles. The zero-order valence-electron chi connectivity index (χ0n) is 23.2. The molecular weight excluding hydrogens is 543 g/mol. The van der Waals surface area contributed by atoms with Crippen molar-refractivity contribution in [3.05, 3.63) is 152 Å². The van der Waals surface area contributed by atoms with E-state index >= 15 is 0 Å². The maximum atomic E-state index is 6.22. The molecule has 0 fully saturated rings. The summed E-state index contributed by atoms with van der Waals surface area (Å²) in [6.45, 7) is 0. The average Bonchev–Trinajstić information content (AvgIpc) is 3.63. The number of thiophene rings is 1. The zero-order chi connectivity index (χ0) is 28.3. The molecule has 0 saturated carbocycles. The van der Waals surface area contributed by atoms with Crippen molar-refractivity contribution in [1.29, 1.82) is 0 Å². The average molecular weight is 568 g/mol. The molecule has 9 aromatic rings. The second-order valence-corrected chi connectivity index (χ2v) is 12.0. The molecule has 2 heterocycles. The van der Waals surface area contributed by atoms with E-state index in [1.165, 1.54) is 42.1 Å². The van der Waals surface area contributed by atoms with Crippen molar-refractivity contribution in [3.63, 3.8) is 0 Å². The fraction of sp³-hybridized carbons (Fsp3) is 0. The fourth-order valence-corrected chi connectivity index (χ4v) is 7.64. The SMILES string of the molecule is c1cc(-c2cccc3ccccc23)cc(N(c2ccc3oc4ccccc4c3c2)c2cccc3sc4ccccc4c23)c1. The van der Waals surface area contributed by atoms with Gasteiger partial charge in [0, 0.05) is 42.3 Å². The third-order valence-corrected chi connectivity index (χ3v) is 9.58. The lowest BCUT2D eigenvalue weighted by Gasteiger charge is -2.27. The van der Waals surface area contributed by atoms with Crippen molar-refractivity contribution in [3.8, 4) is 11.1 Å². The Morgan fingerprint density at radius 3 is 2.12 bits per heavy atom. The van der Waals surface area contributed by atoms with Gasteiger partial charge >= 0.3 is 0 Å². The molecule has 0 radical (unpaired) electrons. The molecule has 43 heavy (non-hydrogen) atoms. The minimum absolute atomic E-state index is 0.897. The monoisotopic (exact) mass is 567 g/mol. The van der Waals surface area contributed by atoms with Crippen LogP contribution in [0.2, 0.25) is 0 Å². The maximum Gasteiger partial charge on any atom is 0.135 e. The van der Waals surface area contributed by atoms with Crippen LogP contribution in [-0.2, 0) is 0 Å². The van der Waals surface area contributed by atoms with Crippen LogP contribution in [0.5, 0.6) is 0 Å².